The van der Waals surface area contributed by atoms with E-state index in [9.17, 15) is 4.21 Å². The van der Waals surface area contributed by atoms with Crippen LogP contribution in [0, 0.1) is 0 Å². The Morgan fingerprint density at radius 3 is 2.00 bits per heavy atom. The van der Waals surface area contributed by atoms with Crippen LogP contribution in [0.5, 0.6) is 0 Å². The predicted molar refractivity (Wildman–Crippen MR) is 86.1 cm³/mol. The minimum absolute atomic E-state index is 0.147. The molecule has 2 aromatic rings. The molecule has 3 heteroatoms. The standard InChI is InChI=1S/C17H21NOS/c1-17(2,3)14-6-4-13(5-7-14)12-20(19)16-10-8-15(18)9-11-16/h4-11H,12,18H2,1-3H3. The fourth-order valence-corrected chi connectivity index (χ4v) is 3.06. The maximum atomic E-state index is 12.3. The maximum absolute atomic E-state index is 12.3. The molecule has 0 saturated heterocycles. The van der Waals surface area contributed by atoms with Crippen molar-refractivity contribution in [2.45, 2.75) is 36.8 Å². The van der Waals surface area contributed by atoms with Gasteiger partial charge in [-0.2, -0.15) is 0 Å². The Morgan fingerprint density at radius 2 is 1.50 bits per heavy atom. The van der Waals surface area contributed by atoms with Crippen LogP contribution in [0.25, 0.3) is 0 Å². The first-order valence-corrected chi connectivity index (χ1v) is 8.01. The Kier molecular flexibility index (Phi) is 4.29. The topological polar surface area (TPSA) is 43.1 Å². The van der Waals surface area contributed by atoms with E-state index in [4.69, 9.17) is 5.73 Å². The van der Waals surface area contributed by atoms with Crippen molar-refractivity contribution < 1.29 is 4.21 Å². The molecule has 0 heterocycles. The van der Waals surface area contributed by atoms with Crippen LogP contribution in [0.1, 0.15) is 31.9 Å². The van der Waals surface area contributed by atoms with Crippen LogP contribution in [0.2, 0.25) is 0 Å². The first-order valence-electron chi connectivity index (χ1n) is 6.69. The van der Waals surface area contributed by atoms with Crippen molar-refractivity contribution >= 4 is 16.5 Å². The van der Waals surface area contributed by atoms with Crippen molar-refractivity contribution in [3.05, 3.63) is 59.7 Å². The summed E-state index contributed by atoms with van der Waals surface area (Å²) in [5, 5.41) is 0. The van der Waals surface area contributed by atoms with Crippen molar-refractivity contribution in [1.29, 1.82) is 0 Å². The molecular formula is C17H21NOS. The minimum Gasteiger partial charge on any atom is -0.399 e. The molecule has 20 heavy (non-hydrogen) atoms. The number of nitrogens with two attached hydrogens (primary N) is 1. The van der Waals surface area contributed by atoms with Gasteiger partial charge < -0.3 is 5.73 Å². The lowest BCUT2D eigenvalue weighted by molar-refractivity contribution is 0.590. The van der Waals surface area contributed by atoms with Crippen LogP contribution in [0.15, 0.2) is 53.4 Å². The molecule has 2 N–H and O–H groups in total. The van der Waals surface area contributed by atoms with Crippen molar-refractivity contribution in [1.82, 2.24) is 0 Å². The second-order valence-electron chi connectivity index (χ2n) is 6.01. The fraction of sp³-hybridized carbons (Fsp3) is 0.294. The zero-order valence-electron chi connectivity index (χ0n) is 12.2. The molecule has 2 rings (SSSR count). The van der Waals surface area contributed by atoms with Gasteiger partial charge in [-0.3, -0.25) is 4.21 Å². The number of rotatable bonds is 3. The lowest BCUT2D eigenvalue weighted by Gasteiger charge is -2.19. The second-order valence-corrected chi connectivity index (χ2v) is 7.46. The lowest BCUT2D eigenvalue weighted by Crippen LogP contribution is -2.10. The quantitative estimate of drug-likeness (QED) is 0.871. The van der Waals surface area contributed by atoms with Gasteiger partial charge >= 0.3 is 0 Å². The monoisotopic (exact) mass is 287 g/mol. The Morgan fingerprint density at radius 1 is 0.950 bits per heavy atom. The fourth-order valence-electron chi connectivity index (χ4n) is 1.96. The normalized spacial score (nSPS) is 13.2. The number of hydrogen-bond acceptors (Lipinski definition) is 2. The SMILES string of the molecule is CC(C)(C)c1ccc(CS(=O)c2ccc(N)cc2)cc1. The van der Waals surface area contributed by atoms with Crippen molar-refractivity contribution in [2.75, 3.05) is 5.73 Å². The van der Waals surface area contributed by atoms with Gasteiger partial charge in [0.15, 0.2) is 0 Å². The van der Waals surface area contributed by atoms with E-state index in [1.54, 1.807) is 12.1 Å². The van der Waals surface area contributed by atoms with Gasteiger partial charge in [-0.05, 0) is 40.8 Å². The van der Waals surface area contributed by atoms with Gasteiger partial charge in [-0.25, -0.2) is 0 Å². The van der Waals surface area contributed by atoms with Crippen LogP contribution in [-0.2, 0) is 22.0 Å². The van der Waals surface area contributed by atoms with Crippen LogP contribution >= 0.6 is 0 Å². The average Bonchev–Trinajstić information content (AvgIpc) is 2.39. The molecule has 0 aliphatic carbocycles. The largest absolute Gasteiger partial charge is 0.399 e. The molecule has 106 valence electrons. The minimum atomic E-state index is -1.03. The van der Waals surface area contributed by atoms with E-state index in [0.717, 1.165) is 10.5 Å². The molecule has 2 aromatic carbocycles. The van der Waals surface area contributed by atoms with Gasteiger partial charge in [0.25, 0.3) is 0 Å². The van der Waals surface area contributed by atoms with Gasteiger partial charge in [-0.15, -0.1) is 0 Å². The summed E-state index contributed by atoms with van der Waals surface area (Å²) in [7, 11) is -1.03. The Labute approximate surface area is 123 Å². The highest BCUT2D eigenvalue weighted by Gasteiger charge is 2.13. The van der Waals surface area contributed by atoms with Crippen LogP contribution < -0.4 is 5.73 Å². The molecule has 1 atom stereocenters. The van der Waals surface area contributed by atoms with Crippen LogP contribution in [0.3, 0.4) is 0 Å². The van der Waals surface area contributed by atoms with E-state index in [-0.39, 0.29) is 5.41 Å². The third-order valence-corrected chi connectivity index (χ3v) is 4.65. The molecule has 0 aliphatic rings. The summed E-state index contributed by atoms with van der Waals surface area (Å²) in [6.07, 6.45) is 0. The number of anilines is 1. The van der Waals surface area contributed by atoms with E-state index in [1.165, 1.54) is 5.56 Å². The van der Waals surface area contributed by atoms with Gasteiger partial charge in [-0.1, -0.05) is 45.0 Å². The molecule has 0 bridgehead atoms. The summed E-state index contributed by atoms with van der Waals surface area (Å²) in [5.41, 5.74) is 8.86. The number of benzene rings is 2. The summed E-state index contributed by atoms with van der Waals surface area (Å²) in [6.45, 7) is 6.57. The second kappa shape index (κ2) is 5.80. The molecule has 0 fully saturated rings. The molecule has 0 amide bonds. The van der Waals surface area contributed by atoms with Crippen molar-refractivity contribution in [2.24, 2.45) is 0 Å². The van der Waals surface area contributed by atoms with Crippen LogP contribution in [-0.4, -0.2) is 4.21 Å². The van der Waals surface area contributed by atoms with Gasteiger partial charge in [0.2, 0.25) is 0 Å². The van der Waals surface area contributed by atoms with E-state index in [2.05, 4.69) is 45.0 Å². The third-order valence-electron chi connectivity index (χ3n) is 3.26. The molecule has 0 saturated carbocycles. The summed E-state index contributed by atoms with van der Waals surface area (Å²) < 4.78 is 12.3. The van der Waals surface area contributed by atoms with E-state index in [1.807, 2.05) is 12.1 Å². The van der Waals surface area contributed by atoms with E-state index >= 15 is 0 Å². The summed E-state index contributed by atoms with van der Waals surface area (Å²) in [6, 6.07) is 15.6. The van der Waals surface area contributed by atoms with Crippen molar-refractivity contribution in [3.63, 3.8) is 0 Å². The van der Waals surface area contributed by atoms with Gasteiger partial charge in [0.05, 0.1) is 16.6 Å². The van der Waals surface area contributed by atoms with E-state index in [0.29, 0.717) is 11.4 Å². The lowest BCUT2D eigenvalue weighted by atomic mass is 9.87. The summed E-state index contributed by atoms with van der Waals surface area (Å²) in [4.78, 5) is 0.819. The van der Waals surface area contributed by atoms with Crippen LogP contribution in [0.4, 0.5) is 5.69 Å². The number of nitrogen functional groups attached to an aromatic ring is 1. The molecule has 0 radical (unpaired) electrons. The Hall–Kier alpha value is -1.61. The third kappa shape index (κ3) is 3.70. The molecule has 1 unspecified atom stereocenters. The Balaban J connectivity index is 2.10. The smallest absolute Gasteiger partial charge is 0.0574 e. The number of hydrogen-bond donors (Lipinski definition) is 1. The summed E-state index contributed by atoms with van der Waals surface area (Å²) >= 11 is 0. The highest BCUT2D eigenvalue weighted by Crippen LogP contribution is 2.23. The maximum Gasteiger partial charge on any atom is 0.0574 e. The molecule has 0 aromatic heterocycles. The summed E-state index contributed by atoms with van der Waals surface area (Å²) in [5.74, 6) is 0.536. The van der Waals surface area contributed by atoms with Crippen molar-refractivity contribution in [3.8, 4) is 0 Å². The first-order chi connectivity index (χ1) is 9.36. The predicted octanol–water partition coefficient (Wildman–Crippen LogP) is 3.87. The highest BCUT2D eigenvalue weighted by atomic mass is 32.2. The van der Waals surface area contributed by atoms with Gasteiger partial charge in [0.1, 0.15) is 0 Å². The highest BCUT2D eigenvalue weighted by molar-refractivity contribution is 7.84. The first kappa shape index (κ1) is 14.8. The molecule has 0 spiro atoms. The van der Waals surface area contributed by atoms with E-state index < -0.39 is 10.8 Å². The molecule has 2 nitrogen and oxygen atoms in total. The molecular weight excluding hydrogens is 266 g/mol. The Bertz CT molecular complexity index is 594. The van der Waals surface area contributed by atoms with Gasteiger partial charge in [0, 0.05) is 10.6 Å². The zero-order chi connectivity index (χ0) is 14.8. The molecule has 0 aliphatic heterocycles. The average molecular weight is 287 g/mol. The zero-order valence-corrected chi connectivity index (χ0v) is 13.0.